The van der Waals surface area contributed by atoms with Gasteiger partial charge in [-0.3, -0.25) is 0 Å². The topological polar surface area (TPSA) is 0 Å². The van der Waals surface area contributed by atoms with E-state index in [2.05, 4.69) is 41.5 Å². The first-order valence-corrected chi connectivity index (χ1v) is 8.47. The van der Waals surface area contributed by atoms with Crippen LogP contribution in [0.4, 0.5) is 0 Å². The van der Waals surface area contributed by atoms with Gasteiger partial charge in [0, 0.05) is 0 Å². The maximum Gasteiger partial charge on any atom is -0.0179 e. The molecule has 0 spiro atoms. The summed E-state index contributed by atoms with van der Waals surface area (Å²) in [5.41, 5.74) is 0.536. The molecule has 0 N–H and O–H groups in total. The van der Waals surface area contributed by atoms with Gasteiger partial charge in [0.25, 0.3) is 0 Å². The van der Waals surface area contributed by atoms with Gasteiger partial charge < -0.3 is 0 Å². The second kappa shape index (κ2) is 9.87. The standard InChI is InChI=1S/C18H37/c1-7-12-14-17(10-4)18(11-5,15-13-8-2)16(6)9-3/h16H,7-15H2,1-6H3. The molecule has 0 heteroatoms. The summed E-state index contributed by atoms with van der Waals surface area (Å²) in [6, 6.07) is 0. The minimum atomic E-state index is 0.536. The normalized spacial score (nSPS) is 16.8. The third-order valence-electron chi connectivity index (χ3n) is 5.13. The van der Waals surface area contributed by atoms with Crippen LogP contribution in [-0.2, 0) is 0 Å². The molecule has 0 aliphatic rings. The van der Waals surface area contributed by atoms with E-state index < -0.39 is 0 Å². The lowest BCUT2D eigenvalue weighted by Gasteiger charge is -2.45. The van der Waals surface area contributed by atoms with Crippen molar-refractivity contribution in [2.24, 2.45) is 11.3 Å². The second-order valence-electron chi connectivity index (χ2n) is 5.98. The van der Waals surface area contributed by atoms with Crippen LogP contribution in [0.3, 0.4) is 0 Å². The molecule has 0 nitrogen and oxygen atoms in total. The van der Waals surface area contributed by atoms with Crippen LogP contribution >= 0.6 is 0 Å². The highest BCUT2D eigenvalue weighted by molar-refractivity contribution is 5.07. The summed E-state index contributed by atoms with van der Waals surface area (Å²) >= 11 is 0. The Balaban J connectivity index is 4.96. The van der Waals surface area contributed by atoms with Gasteiger partial charge >= 0.3 is 0 Å². The van der Waals surface area contributed by atoms with Crippen LogP contribution in [0, 0.1) is 17.3 Å². The highest BCUT2D eigenvalue weighted by Crippen LogP contribution is 2.49. The van der Waals surface area contributed by atoms with Gasteiger partial charge in [-0.25, -0.2) is 0 Å². The molecule has 0 aromatic rings. The molecule has 0 aliphatic heterocycles. The Morgan fingerprint density at radius 3 is 1.94 bits per heavy atom. The highest BCUT2D eigenvalue weighted by atomic mass is 14.4. The van der Waals surface area contributed by atoms with Crippen LogP contribution in [0.15, 0.2) is 0 Å². The van der Waals surface area contributed by atoms with Gasteiger partial charge in [0.2, 0.25) is 0 Å². The minimum Gasteiger partial charge on any atom is -0.0654 e. The van der Waals surface area contributed by atoms with Crippen molar-refractivity contribution in [2.75, 3.05) is 0 Å². The molecule has 2 unspecified atom stereocenters. The third-order valence-corrected chi connectivity index (χ3v) is 5.13. The molecule has 0 bridgehead atoms. The molecule has 0 fully saturated rings. The first kappa shape index (κ1) is 18.0. The fourth-order valence-electron chi connectivity index (χ4n) is 3.60. The molecule has 0 saturated heterocycles. The number of unbranched alkanes of at least 4 members (excludes halogenated alkanes) is 2. The van der Waals surface area contributed by atoms with Crippen molar-refractivity contribution in [1.29, 1.82) is 0 Å². The lowest BCUT2D eigenvalue weighted by molar-refractivity contribution is 0.141. The second-order valence-corrected chi connectivity index (χ2v) is 5.98. The van der Waals surface area contributed by atoms with Crippen molar-refractivity contribution in [1.82, 2.24) is 0 Å². The van der Waals surface area contributed by atoms with Crippen molar-refractivity contribution in [3.05, 3.63) is 5.92 Å². The van der Waals surface area contributed by atoms with Crippen molar-refractivity contribution in [2.45, 2.75) is 99.3 Å². The third kappa shape index (κ3) is 4.59. The molecule has 0 aromatic carbocycles. The molecule has 18 heavy (non-hydrogen) atoms. The Bertz CT molecular complexity index is 184. The smallest absolute Gasteiger partial charge is 0.0179 e. The van der Waals surface area contributed by atoms with E-state index in [1.165, 1.54) is 57.8 Å². The van der Waals surface area contributed by atoms with Gasteiger partial charge in [-0.1, -0.05) is 73.6 Å². The molecule has 2 atom stereocenters. The summed E-state index contributed by atoms with van der Waals surface area (Å²) in [5.74, 6) is 2.72. The Morgan fingerprint density at radius 2 is 1.56 bits per heavy atom. The van der Waals surface area contributed by atoms with Gasteiger partial charge in [0.1, 0.15) is 0 Å². The average Bonchev–Trinajstić information content (AvgIpc) is 2.42. The summed E-state index contributed by atoms with van der Waals surface area (Å²) in [6.45, 7) is 14.3. The fourth-order valence-corrected chi connectivity index (χ4v) is 3.60. The summed E-state index contributed by atoms with van der Waals surface area (Å²) < 4.78 is 0. The van der Waals surface area contributed by atoms with Gasteiger partial charge in [0.05, 0.1) is 0 Å². The van der Waals surface area contributed by atoms with E-state index in [1.807, 2.05) is 5.92 Å². The Hall–Kier alpha value is 0. The predicted octanol–water partition coefficient (Wildman–Crippen LogP) is 6.79. The summed E-state index contributed by atoms with van der Waals surface area (Å²) in [4.78, 5) is 0. The first-order chi connectivity index (χ1) is 8.62. The Labute approximate surface area is 117 Å². The molecule has 109 valence electrons. The summed E-state index contributed by atoms with van der Waals surface area (Å²) in [6.07, 6.45) is 12.2. The van der Waals surface area contributed by atoms with E-state index in [4.69, 9.17) is 0 Å². The maximum atomic E-state index is 2.49. The van der Waals surface area contributed by atoms with Gasteiger partial charge in [-0.15, -0.1) is 0 Å². The molecule has 0 aromatic heterocycles. The largest absolute Gasteiger partial charge is 0.0654 e. The maximum absolute atomic E-state index is 2.49. The lowest BCUT2D eigenvalue weighted by Crippen LogP contribution is -2.35. The highest BCUT2D eigenvalue weighted by Gasteiger charge is 2.39. The molecule has 0 rings (SSSR count). The van der Waals surface area contributed by atoms with Crippen molar-refractivity contribution in [3.8, 4) is 0 Å². The van der Waals surface area contributed by atoms with E-state index in [9.17, 15) is 0 Å². The SMILES string of the molecule is CCCC[C](CC)C(CC)(CCCC)C(C)CC. The van der Waals surface area contributed by atoms with E-state index >= 15 is 0 Å². The quantitative estimate of drug-likeness (QED) is 0.380. The van der Waals surface area contributed by atoms with Gasteiger partial charge in [0.15, 0.2) is 0 Å². The molecule has 1 radical (unpaired) electrons. The lowest BCUT2D eigenvalue weighted by atomic mass is 9.60. The van der Waals surface area contributed by atoms with E-state index in [0.29, 0.717) is 5.41 Å². The summed E-state index contributed by atoms with van der Waals surface area (Å²) in [7, 11) is 0. The van der Waals surface area contributed by atoms with Gasteiger partial charge in [-0.05, 0) is 42.9 Å². The molecule has 0 heterocycles. The van der Waals surface area contributed by atoms with Crippen LogP contribution < -0.4 is 0 Å². The molecular weight excluding hydrogens is 216 g/mol. The molecular formula is C18H37. The molecule has 0 aliphatic carbocycles. The number of hydrogen-bond acceptors (Lipinski definition) is 0. The average molecular weight is 253 g/mol. The van der Waals surface area contributed by atoms with E-state index in [-0.39, 0.29) is 0 Å². The van der Waals surface area contributed by atoms with Crippen LogP contribution in [-0.4, -0.2) is 0 Å². The number of rotatable bonds is 11. The fraction of sp³-hybridized carbons (Fsp3) is 0.944. The van der Waals surface area contributed by atoms with Crippen molar-refractivity contribution >= 4 is 0 Å². The van der Waals surface area contributed by atoms with E-state index in [0.717, 1.165) is 5.92 Å². The minimum absolute atomic E-state index is 0.536. The summed E-state index contributed by atoms with van der Waals surface area (Å²) in [5, 5.41) is 0. The van der Waals surface area contributed by atoms with Crippen LogP contribution in [0.5, 0.6) is 0 Å². The zero-order chi connectivity index (χ0) is 14.0. The van der Waals surface area contributed by atoms with Gasteiger partial charge in [-0.2, -0.15) is 0 Å². The van der Waals surface area contributed by atoms with Crippen LogP contribution in [0.25, 0.3) is 0 Å². The van der Waals surface area contributed by atoms with E-state index in [1.54, 1.807) is 0 Å². The molecule has 0 saturated carbocycles. The zero-order valence-corrected chi connectivity index (χ0v) is 13.9. The number of hydrogen-bond donors (Lipinski definition) is 0. The first-order valence-electron chi connectivity index (χ1n) is 8.47. The van der Waals surface area contributed by atoms with Crippen molar-refractivity contribution < 1.29 is 0 Å². The monoisotopic (exact) mass is 253 g/mol. The molecule has 0 amide bonds. The van der Waals surface area contributed by atoms with Crippen LogP contribution in [0.2, 0.25) is 0 Å². The van der Waals surface area contributed by atoms with Crippen LogP contribution in [0.1, 0.15) is 99.3 Å². The Morgan fingerprint density at radius 1 is 0.944 bits per heavy atom. The zero-order valence-electron chi connectivity index (χ0n) is 13.9. The van der Waals surface area contributed by atoms with Crippen molar-refractivity contribution in [3.63, 3.8) is 0 Å². The Kier molecular flexibility index (Phi) is 9.87. The predicted molar refractivity (Wildman–Crippen MR) is 84.8 cm³/mol.